The molecule has 0 aromatic heterocycles. The molecule has 0 bridgehead atoms. The Balaban J connectivity index is 2.40. The number of carbonyl (C=O) groups is 1. The minimum Gasteiger partial charge on any atom is -0.291 e. The van der Waals surface area contributed by atoms with Crippen LogP contribution >= 0.6 is 11.6 Å². The van der Waals surface area contributed by atoms with Crippen LogP contribution in [0.5, 0.6) is 0 Å². The number of halogens is 1. The number of nitro groups is 1. The summed E-state index contributed by atoms with van der Waals surface area (Å²) in [7, 11) is 0. The van der Waals surface area contributed by atoms with Crippen LogP contribution in [0.25, 0.3) is 0 Å². The molecule has 0 amide bonds. The van der Waals surface area contributed by atoms with Gasteiger partial charge in [0.15, 0.2) is 10.7 Å². The molecule has 98 valence electrons. The van der Waals surface area contributed by atoms with E-state index in [1.165, 1.54) is 18.2 Å². The molecule has 0 saturated heterocycles. The van der Waals surface area contributed by atoms with Crippen molar-refractivity contribution in [3.63, 3.8) is 0 Å². The van der Waals surface area contributed by atoms with Crippen molar-refractivity contribution in [2.24, 2.45) is 0 Å². The fraction of sp³-hybridized carbons (Fsp3) is 0.214. The van der Waals surface area contributed by atoms with Crippen LogP contribution in [0, 0.1) is 17.0 Å². The maximum atomic E-state index is 12.4. The molecule has 1 aromatic carbocycles. The summed E-state index contributed by atoms with van der Waals surface area (Å²) in [4.78, 5) is 21.3. The Morgan fingerprint density at radius 3 is 2.53 bits per heavy atom. The van der Waals surface area contributed by atoms with Crippen LogP contribution in [0.4, 0.5) is 0 Å². The van der Waals surface area contributed by atoms with Crippen LogP contribution in [-0.4, -0.2) is 21.6 Å². The number of rotatable bonds is 3. The van der Waals surface area contributed by atoms with Gasteiger partial charge in [-0.2, -0.15) is 0 Å². The van der Waals surface area contributed by atoms with E-state index in [1.54, 1.807) is 30.3 Å². The zero-order valence-electron chi connectivity index (χ0n) is 10.2. The summed E-state index contributed by atoms with van der Waals surface area (Å²) in [5.41, 5.74) is 1.37. The highest BCUT2D eigenvalue weighted by atomic mass is 35.5. The number of benzene rings is 1. The first-order valence-electron chi connectivity index (χ1n) is 5.75. The van der Waals surface area contributed by atoms with Crippen LogP contribution in [0.3, 0.4) is 0 Å². The molecule has 19 heavy (non-hydrogen) atoms. The van der Waals surface area contributed by atoms with Crippen molar-refractivity contribution in [3.05, 3.63) is 69.8 Å². The molecule has 2 atom stereocenters. The highest BCUT2D eigenvalue weighted by molar-refractivity contribution is 6.40. The molecule has 0 saturated carbocycles. The molecular weight excluding hydrogens is 266 g/mol. The number of hydrogen-bond acceptors (Lipinski definition) is 3. The van der Waals surface area contributed by atoms with Gasteiger partial charge in [-0.1, -0.05) is 53.6 Å². The third kappa shape index (κ3) is 2.44. The third-order valence-corrected chi connectivity index (χ3v) is 3.58. The number of allylic oxidation sites excluding steroid dienone is 2. The second kappa shape index (κ2) is 4.97. The van der Waals surface area contributed by atoms with Crippen molar-refractivity contribution >= 4 is 17.4 Å². The van der Waals surface area contributed by atoms with Gasteiger partial charge in [-0.25, -0.2) is 0 Å². The van der Waals surface area contributed by atoms with E-state index in [0.29, 0.717) is 5.56 Å². The molecule has 1 aliphatic rings. The van der Waals surface area contributed by atoms with Crippen LogP contribution in [0.1, 0.15) is 15.9 Å². The highest BCUT2D eigenvalue weighted by Crippen LogP contribution is 2.32. The lowest BCUT2D eigenvalue weighted by Gasteiger charge is -2.25. The van der Waals surface area contributed by atoms with Gasteiger partial charge in [0.1, 0.15) is 0 Å². The lowest BCUT2D eigenvalue weighted by molar-refractivity contribution is -0.510. The maximum Gasteiger partial charge on any atom is 0.261 e. The lowest BCUT2D eigenvalue weighted by atomic mass is 9.87. The number of ketones is 1. The first kappa shape index (κ1) is 13.5. The quantitative estimate of drug-likeness (QED) is 0.369. The van der Waals surface area contributed by atoms with Crippen molar-refractivity contribution in [1.29, 1.82) is 0 Å². The molecule has 2 unspecified atom stereocenters. The van der Waals surface area contributed by atoms with E-state index in [2.05, 4.69) is 0 Å². The minimum absolute atomic E-state index is 0.368. The second-order valence-electron chi connectivity index (χ2n) is 4.44. The smallest absolute Gasteiger partial charge is 0.261 e. The number of Topliss-reactive ketones (excluding diaryl/α,β-unsaturated/α-hetero) is 1. The summed E-state index contributed by atoms with van der Waals surface area (Å²) in [6.07, 6.45) is 5.79. The molecule has 0 spiro atoms. The van der Waals surface area contributed by atoms with Gasteiger partial charge in [0.05, 0.1) is 0 Å². The number of carbonyl (C=O) groups excluding carboxylic acids is 1. The normalized spacial score (nSPS) is 25.3. The first-order valence-corrected chi connectivity index (χ1v) is 6.13. The Bertz CT molecular complexity index is 577. The first-order chi connectivity index (χ1) is 8.95. The Morgan fingerprint density at radius 2 is 1.95 bits per heavy atom. The van der Waals surface area contributed by atoms with E-state index in [9.17, 15) is 14.9 Å². The molecular formula is C14H12ClNO3. The Hall–Kier alpha value is -1.94. The van der Waals surface area contributed by atoms with Crippen LogP contribution in [0.2, 0.25) is 0 Å². The predicted molar refractivity (Wildman–Crippen MR) is 73.2 cm³/mol. The predicted octanol–water partition coefficient (Wildman–Crippen LogP) is 2.93. The molecule has 1 aromatic rings. The summed E-state index contributed by atoms with van der Waals surface area (Å²) >= 11 is 6.23. The van der Waals surface area contributed by atoms with Crippen LogP contribution in [0.15, 0.2) is 48.6 Å². The fourth-order valence-corrected chi connectivity index (χ4v) is 2.30. The standard InChI is InChI=1S/C14H12ClNO3/c1-10-5-7-11(8-6-10)13(17)14(15)9-3-2-4-12(14)16(18)19/h2-9,12H,1H3. The van der Waals surface area contributed by atoms with Gasteiger partial charge in [0.25, 0.3) is 6.04 Å². The lowest BCUT2D eigenvalue weighted by Crippen LogP contribution is -2.47. The second-order valence-corrected chi connectivity index (χ2v) is 5.06. The summed E-state index contributed by atoms with van der Waals surface area (Å²) in [5, 5.41) is 11.0. The average Bonchev–Trinajstić information content (AvgIpc) is 2.39. The molecule has 0 N–H and O–H groups in total. The fourth-order valence-electron chi connectivity index (χ4n) is 1.96. The van der Waals surface area contributed by atoms with E-state index in [0.717, 1.165) is 5.56 Å². The Morgan fingerprint density at radius 1 is 1.32 bits per heavy atom. The van der Waals surface area contributed by atoms with Crippen LogP contribution in [-0.2, 0) is 0 Å². The van der Waals surface area contributed by atoms with Gasteiger partial charge in [-0.15, -0.1) is 0 Å². The molecule has 4 nitrogen and oxygen atoms in total. The van der Waals surface area contributed by atoms with E-state index >= 15 is 0 Å². The minimum atomic E-state index is -1.66. The van der Waals surface area contributed by atoms with Crippen molar-refractivity contribution in [2.45, 2.75) is 17.8 Å². The summed E-state index contributed by atoms with van der Waals surface area (Å²) in [6.45, 7) is 1.90. The van der Waals surface area contributed by atoms with Gasteiger partial charge in [-0.05, 0) is 19.1 Å². The van der Waals surface area contributed by atoms with Crippen molar-refractivity contribution in [2.75, 3.05) is 0 Å². The van der Waals surface area contributed by atoms with Crippen LogP contribution < -0.4 is 0 Å². The van der Waals surface area contributed by atoms with Gasteiger partial charge in [0, 0.05) is 10.5 Å². The van der Waals surface area contributed by atoms with Gasteiger partial charge in [-0.3, -0.25) is 14.9 Å². The molecule has 0 heterocycles. The topological polar surface area (TPSA) is 60.2 Å². The van der Waals surface area contributed by atoms with E-state index < -0.39 is 21.6 Å². The Labute approximate surface area is 115 Å². The number of aryl methyl sites for hydroxylation is 1. The number of nitrogens with zero attached hydrogens (tertiary/aromatic N) is 1. The molecule has 1 aliphatic carbocycles. The largest absolute Gasteiger partial charge is 0.291 e. The molecule has 5 heteroatoms. The van der Waals surface area contributed by atoms with Gasteiger partial charge >= 0.3 is 0 Å². The maximum absolute atomic E-state index is 12.4. The average molecular weight is 278 g/mol. The monoisotopic (exact) mass is 277 g/mol. The van der Waals surface area contributed by atoms with Gasteiger partial charge in [0.2, 0.25) is 0 Å². The molecule has 0 aliphatic heterocycles. The third-order valence-electron chi connectivity index (χ3n) is 3.06. The Kier molecular flexibility index (Phi) is 3.53. The number of alkyl halides is 1. The summed E-state index contributed by atoms with van der Waals surface area (Å²) < 4.78 is 0. The highest BCUT2D eigenvalue weighted by Gasteiger charge is 2.49. The zero-order valence-corrected chi connectivity index (χ0v) is 11.0. The van der Waals surface area contributed by atoms with Crippen molar-refractivity contribution in [3.8, 4) is 0 Å². The SMILES string of the molecule is Cc1ccc(C(=O)C2(Cl)C=CC=CC2[N+](=O)[O-])cc1. The van der Waals surface area contributed by atoms with E-state index in [1.807, 2.05) is 6.92 Å². The van der Waals surface area contributed by atoms with Gasteiger partial charge < -0.3 is 0 Å². The van der Waals surface area contributed by atoms with Crippen molar-refractivity contribution < 1.29 is 9.72 Å². The summed E-state index contributed by atoms with van der Waals surface area (Å²) in [5.74, 6) is -0.462. The molecule has 2 rings (SSSR count). The van der Waals surface area contributed by atoms with Crippen molar-refractivity contribution in [1.82, 2.24) is 0 Å². The van der Waals surface area contributed by atoms with E-state index in [-0.39, 0.29) is 0 Å². The molecule has 0 radical (unpaired) electrons. The molecule has 0 fully saturated rings. The summed E-state index contributed by atoms with van der Waals surface area (Å²) in [6, 6.07) is 5.55. The number of hydrogen-bond donors (Lipinski definition) is 0. The van der Waals surface area contributed by atoms with E-state index in [4.69, 9.17) is 11.6 Å². The zero-order chi connectivity index (χ0) is 14.0.